The summed E-state index contributed by atoms with van der Waals surface area (Å²) in [5.74, 6) is -1.74. The fourth-order valence-electron chi connectivity index (χ4n) is 2.73. The van der Waals surface area contributed by atoms with Crippen LogP contribution in [0.4, 0.5) is 13.2 Å². The number of alkyl halides is 3. The molecule has 1 atom stereocenters. The van der Waals surface area contributed by atoms with E-state index in [0.29, 0.717) is 5.56 Å². The lowest BCUT2D eigenvalue weighted by atomic mass is 9.99. The summed E-state index contributed by atoms with van der Waals surface area (Å²) >= 11 is 0. The van der Waals surface area contributed by atoms with Gasteiger partial charge in [-0.1, -0.05) is 72.8 Å². The third kappa shape index (κ3) is 4.28. The minimum Gasteiger partial charge on any atom is -0.445 e. The van der Waals surface area contributed by atoms with E-state index < -0.39 is 35.2 Å². The van der Waals surface area contributed by atoms with Crippen LogP contribution < -0.4 is 0 Å². The number of hydrogen-bond donors (Lipinski definition) is 0. The number of esters is 1. The van der Waals surface area contributed by atoms with Crippen LogP contribution in [0.25, 0.3) is 0 Å². The topological polar surface area (TPSA) is 43.4 Å². The highest BCUT2D eigenvalue weighted by atomic mass is 19.4. The van der Waals surface area contributed by atoms with E-state index in [0.717, 1.165) is 12.1 Å². The lowest BCUT2D eigenvalue weighted by Gasteiger charge is -2.19. The van der Waals surface area contributed by atoms with Gasteiger partial charge in [0.25, 0.3) is 0 Å². The van der Waals surface area contributed by atoms with Gasteiger partial charge in [0.05, 0.1) is 11.1 Å². The fraction of sp³-hybridized carbons (Fsp3) is 0.0909. The normalized spacial score (nSPS) is 12.2. The lowest BCUT2D eigenvalue weighted by Crippen LogP contribution is -2.22. The van der Waals surface area contributed by atoms with E-state index >= 15 is 0 Å². The first-order chi connectivity index (χ1) is 13.4. The van der Waals surface area contributed by atoms with Crippen LogP contribution in [0.5, 0.6) is 0 Å². The van der Waals surface area contributed by atoms with Crippen molar-refractivity contribution in [3.63, 3.8) is 0 Å². The molecule has 28 heavy (non-hydrogen) atoms. The molecule has 0 saturated heterocycles. The standard InChI is InChI=1S/C22H15F3O3/c23-22(24,25)18-14-8-7-13-17(18)21(27)28-20(16-11-5-2-6-12-16)19(26)15-9-3-1-4-10-15/h1-14,20H. The SMILES string of the molecule is O=C(OC(C(=O)c1ccccc1)c1ccccc1)c1ccccc1C(F)(F)F. The van der Waals surface area contributed by atoms with E-state index in [1.54, 1.807) is 60.7 Å². The molecule has 0 aromatic heterocycles. The predicted octanol–water partition coefficient (Wildman–Crippen LogP) is 5.49. The Morgan fingerprint density at radius 2 is 1.29 bits per heavy atom. The van der Waals surface area contributed by atoms with Gasteiger partial charge in [0.1, 0.15) is 0 Å². The van der Waals surface area contributed by atoms with Gasteiger partial charge in [-0.25, -0.2) is 4.79 Å². The van der Waals surface area contributed by atoms with Crippen LogP contribution in [0.3, 0.4) is 0 Å². The highest BCUT2D eigenvalue weighted by Crippen LogP contribution is 2.33. The van der Waals surface area contributed by atoms with Crippen LogP contribution in [0, 0.1) is 0 Å². The van der Waals surface area contributed by atoms with Crippen LogP contribution in [0.15, 0.2) is 84.9 Å². The van der Waals surface area contributed by atoms with Crippen LogP contribution in [-0.2, 0) is 10.9 Å². The Hall–Kier alpha value is -3.41. The van der Waals surface area contributed by atoms with Gasteiger partial charge in [-0.15, -0.1) is 0 Å². The molecule has 0 aliphatic carbocycles. The Balaban J connectivity index is 1.97. The largest absolute Gasteiger partial charge is 0.445 e. The van der Waals surface area contributed by atoms with Gasteiger partial charge < -0.3 is 4.74 Å². The maximum Gasteiger partial charge on any atom is 0.417 e. The molecule has 3 nitrogen and oxygen atoms in total. The Morgan fingerprint density at radius 3 is 1.89 bits per heavy atom. The number of carbonyl (C=O) groups excluding carboxylic acids is 2. The quantitative estimate of drug-likeness (QED) is 0.432. The van der Waals surface area contributed by atoms with E-state index in [4.69, 9.17) is 4.74 Å². The molecule has 0 bridgehead atoms. The molecule has 1 unspecified atom stereocenters. The summed E-state index contributed by atoms with van der Waals surface area (Å²) in [7, 11) is 0. The van der Waals surface area contributed by atoms with Gasteiger partial charge in [-0.2, -0.15) is 13.2 Å². The van der Waals surface area contributed by atoms with Crippen molar-refractivity contribution in [3.05, 3.63) is 107 Å². The number of carbonyl (C=O) groups is 2. The molecule has 0 aliphatic heterocycles. The van der Waals surface area contributed by atoms with E-state index in [9.17, 15) is 22.8 Å². The van der Waals surface area contributed by atoms with Crippen LogP contribution in [0.1, 0.15) is 37.9 Å². The van der Waals surface area contributed by atoms with Gasteiger partial charge in [0.15, 0.2) is 6.10 Å². The van der Waals surface area contributed by atoms with Crippen molar-refractivity contribution in [1.82, 2.24) is 0 Å². The Bertz CT molecular complexity index is 967. The smallest absolute Gasteiger partial charge is 0.417 e. The van der Waals surface area contributed by atoms with Crippen molar-refractivity contribution >= 4 is 11.8 Å². The highest BCUT2D eigenvalue weighted by molar-refractivity contribution is 6.02. The Labute approximate surface area is 159 Å². The van der Waals surface area contributed by atoms with Crippen LogP contribution in [0.2, 0.25) is 0 Å². The van der Waals surface area contributed by atoms with Crippen LogP contribution in [-0.4, -0.2) is 11.8 Å². The van der Waals surface area contributed by atoms with Gasteiger partial charge in [0, 0.05) is 11.1 Å². The molecule has 3 aromatic rings. The van der Waals surface area contributed by atoms with Crippen molar-refractivity contribution in [1.29, 1.82) is 0 Å². The zero-order valence-electron chi connectivity index (χ0n) is 14.5. The highest BCUT2D eigenvalue weighted by Gasteiger charge is 2.36. The molecule has 3 rings (SSSR count). The molecular formula is C22H15F3O3. The Morgan fingerprint density at radius 1 is 0.750 bits per heavy atom. The Kier molecular flexibility index (Phi) is 5.59. The number of ether oxygens (including phenoxy) is 1. The van der Waals surface area contributed by atoms with E-state index in [1.807, 2.05) is 0 Å². The molecule has 0 spiro atoms. The first-order valence-electron chi connectivity index (χ1n) is 8.39. The minimum atomic E-state index is -4.72. The fourth-order valence-corrected chi connectivity index (χ4v) is 2.73. The number of Topliss-reactive ketones (excluding diaryl/α,β-unsaturated/α-hetero) is 1. The van der Waals surface area contributed by atoms with Gasteiger partial charge in [-0.05, 0) is 12.1 Å². The number of halogens is 3. The third-order valence-corrected chi connectivity index (χ3v) is 4.08. The molecule has 0 N–H and O–H groups in total. The van der Waals surface area contributed by atoms with E-state index in [1.165, 1.54) is 12.1 Å². The van der Waals surface area contributed by atoms with Crippen LogP contribution >= 0.6 is 0 Å². The van der Waals surface area contributed by atoms with Gasteiger partial charge in [-0.3, -0.25) is 4.79 Å². The molecule has 0 amide bonds. The average Bonchev–Trinajstić information content (AvgIpc) is 2.72. The second kappa shape index (κ2) is 8.08. The molecule has 0 heterocycles. The summed E-state index contributed by atoms with van der Waals surface area (Å²) in [6.45, 7) is 0. The summed E-state index contributed by atoms with van der Waals surface area (Å²) in [4.78, 5) is 25.5. The van der Waals surface area contributed by atoms with E-state index in [2.05, 4.69) is 0 Å². The minimum absolute atomic E-state index is 0.285. The summed E-state index contributed by atoms with van der Waals surface area (Å²) < 4.78 is 44.9. The van der Waals surface area contributed by atoms with Gasteiger partial charge in [0.2, 0.25) is 5.78 Å². The van der Waals surface area contributed by atoms with E-state index in [-0.39, 0.29) is 5.56 Å². The summed E-state index contributed by atoms with van der Waals surface area (Å²) in [6.07, 6.45) is -6.08. The molecule has 0 aliphatic rings. The number of rotatable bonds is 5. The zero-order valence-corrected chi connectivity index (χ0v) is 14.5. The lowest BCUT2D eigenvalue weighted by molar-refractivity contribution is -0.138. The second-order valence-corrected chi connectivity index (χ2v) is 5.97. The molecule has 6 heteroatoms. The van der Waals surface area contributed by atoms with Crippen molar-refractivity contribution in [2.75, 3.05) is 0 Å². The van der Waals surface area contributed by atoms with Crippen molar-refractivity contribution in [2.45, 2.75) is 12.3 Å². The molecule has 0 fully saturated rings. The second-order valence-electron chi connectivity index (χ2n) is 5.97. The summed E-state index contributed by atoms with van der Waals surface area (Å²) in [5.41, 5.74) is -1.10. The number of benzene rings is 3. The predicted molar refractivity (Wildman–Crippen MR) is 96.8 cm³/mol. The zero-order chi connectivity index (χ0) is 20.1. The monoisotopic (exact) mass is 384 g/mol. The van der Waals surface area contributed by atoms with Crippen molar-refractivity contribution in [2.24, 2.45) is 0 Å². The summed E-state index contributed by atoms with van der Waals surface area (Å²) in [5, 5.41) is 0. The maximum absolute atomic E-state index is 13.2. The molecule has 142 valence electrons. The summed E-state index contributed by atoms with van der Waals surface area (Å²) in [6, 6.07) is 20.6. The van der Waals surface area contributed by atoms with Gasteiger partial charge >= 0.3 is 12.1 Å². The molecule has 0 saturated carbocycles. The molecular weight excluding hydrogens is 369 g/mol. The maximum atomic E-state index is 13.2. The number of ketones is 1. The third-order valence-electron chi connectivity index (χ3n) is 4.08. The van der Waals surface area contributed by atoms with Crippen molar-refractivity contribution < 1.29 is 27.5 Å². The average molecular weight is 384 g/mol. The molecule has 3 aromatic carbocycles. The number of hydrogen-bond acceptors (Lipinski definition) is 3. The first kappa shape index (κ1) is 19.4. The molecule has 0 radical (unpaired) electrons. The first-order valence-corrected chi connectivity index (χ1v) is 8.39. The van der Waals surface area contributed by atoms with Crippen molar-refractivity contribution in [3.8, 4) is 0 Å².